The molecule has 0 unspecified atom stereocenters. The number of anilines is 3. The fourth-order valence-electron chi connectivity index (χ4n) is 2.72. The first-order valence-electron chi connectivity index (χ1n) is 11.7. The van der Waals surface area contributed by atoms with Crippen LogP contribution in [0.25, 0.3) is 0 Å². The van der Waals surface area contributed by atoms with Gasteiger partial charge in [-0.2, -0.15) is 0 Å². The van der Waals surface area contributed by atoms with Gasteiger partial charge < -0.3 is 20.5 Å². The van der Waals surface area contributed by atoms with E-state index in [9.17, 15) is 26.4 Å². The minimum Gasteiger partial charge on any atom is -0.464 e. The number of pyridine rings is 2. The molecule has 4 aromatic heterocycles. The first kappa shape index (κ1) is 37.0. The number of nitrogens with two attached hydrogens (primary N) is 1. The Morgan fingerprint density at radius 2 is 1.22 bits per heavy atom. The van der Waals surface area contributed by atoms with E-state index in [0.29, 0.717) is 11.6 Å². The first-order valence-corrected chi connectivity index (χ1v) is 16.6. The molecule has 45 heavy (non-hydrogen) atoms. The van der Waals surface area contributed by atoms with Crippen molar-refractivity contribution in [1.29, 1.82) is 0 Å². The van der Waals surface area contributed by atoms with E-state index in [0.717, 1.165) is 12.5 Å². The van der Waals surface area contributed by atoms with Crippen LogP contribution in [-0.4, -0.2) is 85.9 Å². The van der Waals surface area contributed by atoms with E-state index in [4.69, 9.17) is 40.5 Å². The summed E-state index contributed by atoms with van der Waals surface area (Å²) in [5, 5.41) is 17.3. The summed E-state index contributed by atoms with van der Waals surface area (Å²) >= 11 is 16.8. The second kappa shape index (κ2) is 16.2. The number of carbonyl (C=O) groups excluding carboxylic acids is 2. The van der Waals surface area contributed by atoms with E-state index in [-0.39, 0.29) is 42.2 Å². The molecule has 0 amide bonds. The number of nitrogens with one attached hydrogen (secondary N) is 1. The third-order valence-corrected chi connectivity index (χ3v) is 7.71. The van der Waals surface area contributed by atoms with Crippen LogP contribution in [-0.2, 0) is 29.1 Å². The Labute approximate surface area is 272 Å². The summed E-state index contributed by atoms with van der Waals surface area (Å²) < 4.78 is 53.5. The third kappa shape index (κ3) is 11.7. The van der Waals surface area contributed by atoms with Crippen LogP contribution in [0, 0.1) is 0 Å². The lowest BCUT2D eigenvalue weighted by atomic mass is 10.3. The second-order valence-corrected chi connectivity index (χ2v) is 13.5. The lowest BCUT2D eigenvalue weighted by molar-refractivity contribution is 0.0584. The van der Waals surface area contributed by atoms with Crippen LogP contribution in [0.2, 0.25) is 15.3 Å². The molecule has 0 fully saturated rings. The van der Waals surface area contributed by atoms with Gasteiger partial charge in [0.2, 0.25) is 0 Å². The molecule has 0 aliphatic carbocycles. The third-order valence-electron chi connectivity index (χ3n) is 4.85. The number of sulfone groups is 2. The predicted octanol–water partition coefficient (Wildman–Crippen LogP) is 3.10. The molecule has 3 N–H and O–H groups in total. The Morgan fingerprint density at radius 3 is 1.67 bits per heavy atom. The number of aromatic nitrogens is 6. The molecule has 0 aliphatic rings. The molecule has 0 aromatic carbocycles. The molecular weight excluding hydrogens is 699 g/mol. The summed E-state index contributed by atoms with van der Waals surface area (Å²) in [5.41, 5.74) is 5.40. The number of methoxy groups -OCH3 is 2. The van der Waals surface area contributed by atoms with Gasteiger partial charge in [-0.1, -0.05) is 34.8 Å². The van der Waals surface area contributed by atoms with Crippen molar-refractivity contribution in [3.05, 3.63) is 75.5 Å². The Bertz CT molecular complexity index is 1880. The maximum atomic E-state index is 11.6. The van der Waals surface area contributed by atoms with Gasteiger partial charge in [0.25, 0.3) is 0 Å². The van der Waals surface area contributed by atoms with Gasteiger partial charge in [0.1, 0.15) is 11.6 Å². The normalized spacial score (nSPS) is 10.7. The smallest absolute Gasteiger partial charge is 0.360 e. The zero-order valence-corrected chi connectivity index (χ0v) is 27.5. The van der Waals surface area contributed by atoms with Crippen molar-refractivity contribution in [3.8, 4) is 0 Å². The van der Waals surface area contributed by atoms with E-state index >= 15 is 0 Å². The summed E-state index contributed by atoms with van der Waals surface area (Å²) in [6, 6.07) is 8.42. The van der Waals surface area contributed by atoms with Gasteiger partial charge >= 0.3 is 11.9 Å². The average Bonchev–Trinajstić information content (AvgIpc) is 2.97. The van der Waals surface area contributed by atoms with Crippen LogP contribution < -0.4 is 11.1 Å². The topological polar surface area (TPSA) is 236 Å². The molecule has 0 saturated heterocycles. The van der Waals surface area contributed by atoms with Gasteiger partial charge in [-0.15, -0.1) is 20.4 Å². The number of ether oxygens (including phenoxy) is 2. The molecule has 4 rings (SSSR count). The van der Waals surface area contributed by atoms with Gasteiger partial charge in [-0.3, -0.25) is 0 Å². The number of nitrogen functional groups attached to an aromatic ring is 1. The lowest BCUT2D eigenvalue weighted by Gasteiger charge is -2.09. The SMILES string of the molecule is COC(=O)c1nnc(Cl)cc1Cl.COC(=O)c1nnc(Cl)cc1Nc1ccc(S(C)(=O)=O)cn1.CS(=O)(=O)c1ccc(N)nc1. The molecule has 0 radical (unpaired) electrons. The monoisotopic (exact) mass is 720 g/mol. The van der Waals surface area contributed by atoms with Crippen molar-refractivity contribution in [2.24, 2.45) is 0 Å². The Morgan fingerprint density at radius 1 is 0.733 bits per heavy atom. The maximum absolute atomic E-state index is 11.6. The molecule has 0 bridgehead atoms. The van der Waals surface area contributed by atoms with Crippen LogP contribution >= 0.6 is 34.8 Å². The van der Waals surface area contributed by atoms with Crippen molar-refractivity contribution in [1.82, 2.24) is 30.4 Å². The van der Waals surface area contributed by atoms with Crippen LogP contribution in [0.4, 0.5) is 17.3 Å². The largest absolute Gasteiger partial charge is 0.464 e. The number of hydrogen-bond donors (Lipinski definition) is 2. The van der Waals surface area contributed by atoms with Crippen molar-refractivity contribution in [2.75, 3.05) is 37.8 Å². The number of carbonyl (C=O) groups is 2. The Kier molecular flexibility index (Phi) is 13.3. The highest BCUT2D eigenvalue weighted by Gasteiger charge is 2.17. The predicted molar refractivity (Wildman–Crippen MR) is 164 cm³/mol. The molecule has 4 heterocycles. The van der Waals surface area contributed by atoms with Crippen molar-refractivity contribution in [3.63, 3.8) is 0 Å². The molecular formula is C24H23Cl3N8O8S2. The molecule has 16 nitrogen and oxygen atoms in total. The zero-order valence-electron chi connectivity index (χ0n) is 23.6. The molecule has 21 heteroatoms. The van der Waals surface area contributed by atoms with Crippen molar-refractivity contribution >= 4 is 83.7 Å². The average molecular weight is 722 g/mol. The molecule has 240 valence electrons. The minimum absolute atomic E-state index is 0.0384. The van der Waals surface area contributed by atoms with E-state index < -0.39 is 31.6 Å². The molecule has 4 aromatic rings. The zero-order chi connectivity index (χ0) is 33.9. The quantitative estimate of drug-likeness (QED) is 0.272. The number of rotatable bonds is 6. The number of nitrogens with zero attached hydrogens (tertiary/aromatic N) is 6. The van der Waals surface area contributed by atoms with E-state index in [1.807, 2.05) is 0 Å². The molecule has 0 aliphatic heterocycles. The number of hydrogen-bond acceptors (Lipinski definition) is 16. The minimum atomic E-state index is -3.33. The van der Waals surface area contributed by atoms with E-state index in [1.165, 1.54) is 63.0 Å². The number of esters is 2. The fraction of sp³-hybridized carbons (Fsp3) is 0.167. The van der Waals surface area contributed by atoms with Gasteiger partial charge in [-0.05, 0) is 30.3 Å². The second-order valence-electron chi connectivity index (χ2n) is 8.24. The molecule has 0 spiro atoms. The van der Waals surface area contributed by atoms with Gasteiger partial charge in [-0.25, -0.2) is 36.4 Å². The highest BCUT2D eigenvalue weighted by atomic mass is 35.5. The van der Waals surface area contributed by atoms with Gasteiger partial charge in [0.15, 0.2) is 41.4 Å². The number of halogens is 3. The van der Waals surface area contributed by atoms with Crippen molar-refractivity contribution < 1.29 is 35.9 Å². The van der Waals surface area contributed by atoms with Gasteiger partial charge in [0, 0.05) is 31.0 Å². The lowest BCUT2D eigenvalue weighted by Crippen LogP contribution is -2.10. The molecule has 0 atom stereocenters. The summed E-state index contributed by atoms with van der Waals surface area (Å²) in [4.78, 5) is 30.4. The highest BCUT2D eigenvalue weighted by Crippen LogP contribution is 2.22. The maximum Gasteiger partial charge on any atom is 0.360 e. The Balaban J connectivity index is 0.000000259. The summed E-state index contributed by atoms with van der Waals surface area (Å²) in [7, 11) is -4.03. The first-order chi connectivity index (χ1) is 21.0. The van der Waals surface area contributed by atoms with Crippen LogP contribution in [0.1, 0.15) is 21.0 Å². The Hall–Kier alpha value is -4.23. The highest BCUT2D eigenvalue weighted by molar-refractivity contribution is 7.91. The summed E-state index contributed by atoms with van der Waals surface area (Å²) in [6.45, 7) is 0. The van der Waals surface area contributed by atoms with Crippen LogP contribution in [0.15, 0.2) is 58.6 Å². The van der Waals surface area contributed by atoms with Crippen LogP contribution in [0.3, 0.4) is 0 Å². The summed E-state index contributed by atoms with van der Waals surface area (Å²) in [6.07, 6.45) is 4.65. The fourth-order valence-corrected chi connectivity index (χ4v) is 4.40. The van der Waals surface area contributed by atoms with E-state index in [2.05, 4.69) is 45.2 Å². The van der Waals surface area contributed by atoms with Gasteiger partial charge in [0.05, 0.1) is 34.7 Å². The molecule has 0 saturated carbocycles. The van der Waals surface area contributed by atoms with E-state index in [1.54, 1.807) is 0 Å². The van der Waals surface area contributed by atoms with Crippen LogP contribution in [0.5, 0.6) is 0 Å². The standard InChI is InChI=1S/C12H11ClN4O4S.C6H4Cl2N2O2.C6H8N2O2S/c1-21-12(18)11-8(5-9(13)16-17-11)15-10-4-3-7(6-14-10)22(2,19)20;1-12-6(11)5-3(7)2-4(8)9-10-5;1-11(9,10)5-2-3-6(7)8-4-5/h3-6H,1-2H3,(H,14,15,16);2H,1H3;2-4H,1H3,(H2,7,8). The van der Waals surface area contributed by atoms with Crippen molar-refractivity contribution in [2.45, 2.75) is 9.79 Å². The summed E-state index contributed by atoms with van der Waals surface area (Å²) in [5.74, 6) is -0.706.